The normalized spacial score (nSPS) is 17.6. The van der Waals surface area contributed by atoms with Crippen LogP contribution in [0.2, 0.25) is 0 Å². The molecule has 6 nitrogen and oxygen atoms in total. The minimum absolute atomic E-state index is 0.0963. The Morgan fingerprint density at radius 1 is 1.09 bits per heavy atom. The molecule has 0 radical (unpaired) electrons. The minimum Gasteiger partial charge on any atom is -0.507 e. The van der Waals surface area contributed by atoms with Gasteiger partial charge in [-0.05, 0) is 35.0 Å². The van der Waals surface area contributed by atoms with Crippen molar-refractivity contribution in [3.05, 3.63) is 94.8 Å². The number of carbonyl (C=O) groups excluding carboxylic acids is 2. The molecule has 0 bridgehead atoms. The number of aliphatic hydroxyl groups excluding tert-OH is 1. The maximum absolute atomic E-state index is 14.8. The molecule has 1 N–H and O–H groups in total. The van der Waals surface area contributed by atoms with Gasteiger partial charge in [-0.1, -0.05) is 36.4 Å². The fraction of sp³-hybridized carbons (Fsp3) is 0.0800. The highest BCUT2D eigenvalue weighted by Crippen LogP contribution is 2.43. The molecule has 3 aromatic carbocycles. The van der Waals surface area contributed by atoms with Crippen molar-refractivity contribution in [3.8, 4) is 5.75 Å². The lowest BCUT2D eigenvalue weighted by Gasteiger charge is -2.23. The van der Waals surface area contributed by atoms with Crippen molar-refractivity contribution in [1.29, 1.82) is 0 Å². The van der Waals surface area contributed by atoms with Gasteiger partial charge in [-0.25, -0.2) is 9.37 Å². The lowest BCUT2D eigenvalue weighted by Crippen LogP contribution is -2.29. The Morgan fingerprint density at radius 2 is 1.85 bits per heavy atom. The van der Waals surface area contributed by atoms with E-state index < -0.39 is 23.5 Å². The molecule has 1 atom stereocenters. The number of benzene rings is 3. The third-order valence-electron chi connectivity index (χ3n) is 5.59. The molecule has 1 saturated heterocycles. The summed E-state index contributed by atoms with van der Waals surface area (Å²) in [5, 5.41) is 14.8. The number of halogens is 1. The molecule has 0 aliphatic carbocycles. The second-order valence-electron chi connectivity index (χ2n) is 7.43. The van der Waals surface area contributed by atoms with Crippen LogP contribution < -0.4 is 9.64 Å². The molecule has 1 fully saturated rings. The van der Waals surface area contributed by atoms with E-state index in [1.807, 2.05) is 12.1 Å². The Bertz CT molecular complexity index is 1430. The predicted molar refractivity (Wildman–Crippen MR) is 124 cm³/mol. The van der Waals surface area contributed by atoms with E-state index in [9.17, 15) is 19.1 Å². The van der Waals surface area contributed by atoms with Gasteiger partial charge in [-0.3, -0.25) is 14.5 Å². The molecule has 0 spiro atoms. The number of ketones is 1. The summed E-state index contributed by atoms with van der Waals surface area (Å²) in [7, 11) is 1.57. The van der Waals surface area contributed by atoms with Gasteiger partial charge in [0.05, 0.1) is 12.7 Å². The fourth-order valence-electron chi connectivity index (χ4n) is 4.01. The summed E-state index contributed by atoms with van der Waals surface area (Å²) >= 11 is 1.15. The van der Waals surface area contributed by atoms with Crippen LogP contribution in [0.25, 0.3) is 16.5 Å². The second kappa shape index (κ2) is 8.14. The molecule has 0 saturated carbocycles. The number of nitrogens with zero attached hydrogens (tertiary/aromatic N) is 2. The number of fused-ring (bicyclic) bond motifs is 1. The second-order valence-corrected chi connectivity index (χ2v) is 8.31. The molecule has 1 amide bonds. The van der Waals surface area contributed by atoms with Crippen molar-refractivity contribution >= 4 is 44.7 Å². The Kier molecular flexibility index (Phi) is 5.14. The van der Waals surface area contributed by atoms with E-state index in [0.29, 0.717) is 11.3 Å². The third kappa shape index (κ3) is 3.44. The quantitative estimate of drug-likeness (QED) is 0.261. The lowest BCUT2D eigenvalue weighted by atomic mass is 9.94. The van der Waals surface area contributed by atoms with E-state index in [2.05, 4.69) is 4.98 Å². The summed E-state index contributed by atoms with van der Waals surface area (Å²) < 4.78 is 20.1. The Balaban J connectivity index is 1.71. The molecule has 1 aliphatic rings. The fourth-order valence-corrected chi connectivity index (χ4v) is 4.68. The standard InChI is InChI=1S/C25H17FN2O4S/c1-32-17-9-8-14-12-16(7-6-15(14)13-17)22(29)20-21(18-4-2-3-5-19(18)26)28(24(31)23(20)30)25-27-10-11-33-25/h2-13,21,29H,1H3/b22-20+. The van der Waals surface area contributed by atoms with Crippen molar-refractivity contribution in [1.82, 2.24) is 4.98 Å². The van der Waals surface area contributed by atoms with Gasteiger partial charge in [0.2, 0.25) is 0 Å². The zero-order chi connectivity index (χ0) is 23.1. The van der Waals surface area contributed by atoms with Gasteiger partial charge in [-0.15, -0.1) is 11.3 Å². The van der Waals surface area contributed by atoms with Crippen LogP contribution in [0.5, 0.6) is 5.75 Å². The topological polar surface area (TPSA) is 79.7 Å². The first-order valence-corrected chi connectivity index (χ1v) is 10.9. The maximum Gasteiger partial charge on any atom is 0.301 e. The number of rotatable bonds is 4. The van der Waals surface area contributed by atoms with E-state index in [-0.39, 0.29) is 22.0 Å². The van der Waals surface area contributed by atoms with Gasteiger partial charge in [0.25, 0.3) is 5.78 Å². The van der Waals surface area contributed by atoms with E-state index in [0.717, 1.165) is 27.0 Å². The number of Topliss-reactive ketones (excluding diaryl/α,β-unsaturated/α-hetero) is 1. The van der Waals surface area contributed by atoms with Crippen LogP contribution in [0.4, 0.5) is 9.52 Å². The van der Waals surface area contributed by atoms with Crippen LogP contribution in [-0.2, 0) is 9.59 Å². The van der Waals surface area contributed by atoms with Gasteiger partial charge in [0.15, 0.2) is 5.13 Å². The number of thiazole rings is 1. The van der Waals surface area contributed by atoms with Crippen molar-refractivity contribution in [2.24, 2.45) is 0 Å². The van der Waals surface area contributed by atoms with Crippen molar-refractivity contribution < 1.29 is 23.8 Å². The summed E-state index contributed by atoms with van der Waals surface area (Å²) in [6, 6.07) is 15.3. The predicted octanol–water partition coefficient (Wildman–Crippen LogP) is 5.07. The lowest BCUT2D eigenvalue weighted by molar-refractivity contribution is -0.132. The van der Waals surface area contributed by atoms with E-state index >= 15 is 0 Å². The number of aliphatic hydroxyl groups is 1. The number of aromatic nitrogens is 1. The zero-order valence-electron chi connectivity index (χ0n) is 17.4. The molecule has 1 aromatic heterocycles. The van der Waals surface area contributed by atoms with E-state index in [4.69, 9.17) is 4.74 Å². The average molecular weight is 460 g/mol. The van der Waals surface area contributed by atoms with Crippen LogP contribution in [0.3, 0.4) is 0 Å². The monoisotopic (exact) mass is 460 g/mol. The molecule has 2 heterocycles. The first-order chi connectivity index (χ1) is 16.0. The zero-order valence-corrected chi connectivity index (χ0v) is 18.2. The smallest absolute Gasteiger partial charge is 0.301 e. The summed E-state index contributed by atoms with van der Waals surface area (Å²) in [4.78, 5) is 31.4. The van der Waals surface area contributed by atoms with Crippen molar-refractivity contribution in [2.75, 3.05) is 12.0 Å². The number of anilines is 1. The van der Waals surface area contributed by atoms with Crippen molar-refractivity contribution in [2.45, 2.75) is 6.04 Å². The van der Waals surface area contributed by atoms with Gasteiger partial charge in [0.1, 0.15) is 23.4 Å². The molecule has 164 valence electrons. The van der Waals surface area contributed by atoms with Gasteiger partial charge in [0, 0.05) is 22.7 Å². The van der Waals surface area contributed by atoms with Crippen molar-refractivity contribution in [3.63, 3.8) is 0 Å². The van der Waals surface area contributed by atoms with Crippen LogP contribution in [0.15, 0.2) is 77.8 Å². The summed E-state index contributed by atoms with van der Waals surface area (Å²) in [6.07, 6.45) is 1.50. The third-order valence-corrected chi connectivity index (χ3v) is 6.36. The molecule has 1 unspecified atom stereocenters. The largest absolute Gasteiger partial charge is 0.507 e. The highest BCUT2D eigenvalue weighted by Gasteiger charge is 2.48. The minimum atomic E-state index is -1.15. The number of amides is 1. The highest BCUT2D eigenvalue weighted by atomic mass is 32.1. The number of ether oxygens (including phenoxy) is 1. The number of hydrogen-bond donors (Lipinski definition) is 1. The Labute approximate surface area is 192 Å². The van der Waals surface area contributed by atoms with E-state index in [1.54, 1.807) is 42.8 Å². The van der Waals surface area contributed by atoms with E-state index in [1.165, 1.54) is 24.4 Å². The van der Waals surface area contributed by atoms with Crippen LogP contribution in [-0.4, -0.2) is 28.9 Å². The molecule has 5 rings (SSSR count). The maximum atomic E-state index is 14.8. The highest BCUT2D eigenvalue weighted by molar-refractivity contribution is 7.14. The van der Waals surface area contributed by atoms with Gasteiger partial charge >= 0.3 is 5.91 Å². The molecule has 8 heteroatoms. The summed E-state index contributed by atoms with van der Waals surface area (Å²) in [6.45, 7) is 0. The molecule has 4 aromatic rings. The first kappa shape index (κ1) is 20.8. The molecular weight excluding hydrogens is 443 g/mol. The molecular formula is C25H17FN2O4S. The van der Waals surface area contributed by atoms with Gasteiger partial charge < -0.3 is 9.84 Å². The Hall–Kier alpha value is -4.04. The SMILES string of the molecule is COc1ccc2cc(/C(O)=C3\C(=O)C(=O)N(c4nccs4)C3c3ccccc3F)ccc2c1. The number of carbonyl (C=O) groups is 2. The first-order valence-electron chi connectivity index (χ1n) is 10.0. The number of hydrogen-bond acceptors (Lipinski definition) is 6. The van der Waals surface area contributed by atoms with Gasteiger partial charge in [-0.2, -0.15) is 0 Å². The van der Waals surface area contributed by atoms with Crippen LogP contribution in [0, 0.1) is 5.82 Å². The van der Waals surface area contributed by atoms with Crippen LogP contribution in [0.1, 0.15) is 17.2 Å². The average Bonchev–Trinajstić information content (AvgIpc) is 3.45. The summed E-state index contributed by atoms with van der Waals surface area (Å²) in [5.41, 5.74) is 0.248. The molecule has 1 aliphatic heterocycles. The molecule has 33 heavy (non-hydrogen) atoms. The summed E-state index contributed by atoms with van der Waals surface area (Å²) in [5.74, 6) is -2.05. The number of methoxy groups -OCH3 is 1. The van der Waals surface area contributed by atoms with Crippen LogP contribution >= 0.6 is 11.3 Å². The Morgan fingerprint density at radius 3 is 2.58 bits per heavy atom.